The Hall–Kier alpha value is -0.570. The molecule has 0 fully saturated rings. The highest BCUT2D eigenvalue weighted by Crippen LogP contribution is 2.01. The summed E-state index contributed by atoms with van der Waals surface area (Å²) >= 11 is 0. The Morgan fingerprint density at radius 3 is 2.42 bits per heavy atom. The van der Waals surface area contributed by atoms with Gasteiger partial charge in [0, 0.05) is 0 Å². The fourth-order valence-electron chi connectivity index (χ4n) is 1.01. The zero-order valence-corrected chi connectivity index (χ0v) is 8.34. The molecule has 0 saturated carbocycles. The molecule has 0 saturated heterocycles. The van der Waals surface area contributed by atoms with E-state index in [1.165, 1.54) is 0 Å². The van der Waals surface area contributed by atoms with Crippen molar-refractivity contribution in [2.45, 2.75) is 27.2 Å². The number of nitrogens with zero attached hydrogens (tertiary/aromatic N) is 1. The second kappa shape index (κ2) is 6.00. The van der Waals surface area contributed by atoms with Gasteiger partial charge in [-0.15, -0.1) is 0 Å². The van der Waals surface area contributed by atoms with E-state index in [0.29, 0.717) is 12.5 Å². The molecule has 3 heteroatoms. The molecule has 0 aromatic heterocycles. The maximum absolute atomic E-state index is 10.6. The molecule has 1 amide bonds. The molecular weight excluding hydrogens is 152 g/mol. The SMILES string of the molecule is CCN(CCC(C)C)CC(N)=O. The molecule has 0 rings (SSSR count). The van der Waals surface area contributed by atoms with Gasteiger partial charge in [-0.05, 0) is 25.4 Å². The first-order chi connectivity index (χ1) is 5.56. The van der Waals surface area contributed by atoms with Gasteiger partial charge in [-0.3, -0.25) is 9.69 Å². The fraction of sp³-hybridized carbons (Fsp3) is 0.889. The number of rotatable bonds is 6. The Labute approximate surface area is 74.9 Å². The topological polar surface area (TPSA) is 46.3 Å². The second-order valence-corrected chi connectivity index (χ2v) is 3.52. The maximum atomic E-state index is 10.6. The average molecular weight is 172 g/mol. The van der Waals surface area contributed by atoms with E-state index in [-0.39, 0.29) is 5.91 Å². The van der Waals surface area contributed by atoms with Crippen LogP contribution in [-0.4, -0.2) is 30.4 Å². The van der Waals surface area contributed by atoms with Gasteiger partial charge in [0.25, 0.3) is 0 Å². The number of nitrogens with two attached hydrogens (primary N) is 1. The van der Waals surface area contributed by atoms with E-state index >= 15 is 0 Å². The predicted molar refractivity (Wildman–Crippen MR) is 50.8 cm³/mol. The third-order valence-electron chi connectivity index (χ3n) is 1.85. The van der Waals surface area contributed by atoms with Crippen LogP contribution in [0.4, 0.5) is 0 Å². The molecule has 0 aromatic carbocycles. The Morgan fingerprint density at radius 1 is 1.50 bits per heavy atom. The van der Waals surface area contributed by atoms with Crippen LogP contribution in [0.2, 0.25) is 0 Å². The standard InChI is InChI=1S/C9H20N2O/c1-4-11(7-9(10)12)6-5-8(2)3/h8H,4-7H2,1-3H3,(H2,10,12). The van der Waals surface area contributed by atoms with Gasteiger partial charge in [0.15, 0.2) is 0 Å². The minimum Gasteiger partial charge on any atom is -0.369 e. The zero-order chi connectivity index (χ0) is 9.56. The van der Waals surface area contributed by atoms with Gasteiger partial charge in [0.2, 0.25) is 5.91 Å². The lowest BCUT2D eigenvalue weighted by atomic mass is 10.1. The molecular formula is C9H20N2O. The lowest BCUT2D eigenvalue weighted by molar-refractivity contribution is -0.119. The van der Waals surface area contributed by atoms with Crippen LogP contribution in [0.1, 0.15) is 27.2 Å². The van der Waals surface area contributed by atoms with Crippen molar-refractivity contribution in [2.75, 3.05) is 19.6 Å². The van der Waals surface area contributed by atoms with Crippen LogP contribution in [0.5, 0.6) is 0 Å². The molecule has 0 radical (unpaired) electrons. The van der Waals surface area contributed by atoms with Crippen LogP contribution in [-0.2, 0) is 4.79 Å². The average Bonchev–Trinajstić information content (AvgIpc) is 1.97. The molecule has 0 bridgehead atoms. The lowest BCUT2D eigenvalue weighted by Crippen LogP contribution is -2.34. The first-order valence-electron chi connectivity index (χ1n) is 4.57. The van der Waals surface area contributed by atoms with E-state index in [4.69, 9.17) is 5.73 Å². The summed E-state index contributed by atoms with van der Waals surface area (Å²) in [4.78, 5) is 12.7. The molecule has 0 spiro atoms. The highest BCUT2D eigenvalue weighted by atomic mass is 16.1. The van der Waals surface area contributed by atoms with Gasteiger partial charge in [-0.2, -0.15) is 0 Å². The molecule has 0 aromatic rings. The highest BCUT2D eigenvalue weighted by Gasteiger charge is 2.05. The van der Waals surface area contributed by atoms with Crippen molar-refractivity contribution in [3.05, 3.63) is 0 Å². The minimum atomic E-state index is -0.236. The molecule has 72 valence electrons. The van der Waals surface area contributed by atoms with Crippen molar-refractivity contribution in [2.24, 2.45) is 11.7 Å². The summed E-state index contributed by atoms with van der Waals surface area (Å²) < 4.78 is 0. The Kier molecular flexibility index (Phi) is 5.72. The Morgan fingerprint density at radius 2 is 2.08 bits per heavy atom. The van der Waals surface area contributed by atoms with Crippen molar-refractivity contribution in [3.8, 4) is 0 Å². The fourth-order valence-corrected chi connectivity index (χ4v) is 1.01. The minimum absolute atomic E-state index is 0.236. The largest absolute Gasteiger partial charge is 0.369 e. The molecule has 0 atom stereocenters. The number of amides is 1. The summed E-state index contributed by atoms with van der Waals surface area (Å²) in [7, 11) is 0. The van der Waals surface area contributed by atoms with Crippen molar-refractivity contribution in [1.82, 2.24) is 4.90 Å². The Balaban J connectivity index is 3.60. The van der Waals surface area contributed by atoms with E-state index in [1.807, 2.05) is 6.92 Å². The van der Waals surface area contributed by atoms with E-state index < -0.39 is 0 Å². The van der Waals surface area contributed by atoms with Gasteiger partial charge < -0.3 is 5.73 Å². The van der Waals surface area contributed by atoms with Crippen molar-refractivity contribution in [1.29, 1.82) is 0 Å². The van der Waals surface area contributed by atoms with Crippen LogP contribution >= 0.6 is 0 Å². The van der Waals surface area contributed by atoms with Gasteiger partial charge in [-0.25, -0.2) is 0 Å². The number of carbonyl (C=O) groups excluding carboxylic acids is 1. The quantitative estimate of drug-likeness (QED) is 0.645. The van der Waals surface area contributed by atoms with E-state index in [1.54, 1.807) is 0 Å². The third-order valence-corrected chi connectivity index (χ3v) is 1.85. The van der Waals surface area contributed by atoms with Gasteiger partial charge in [0.1, 0.15) is 0 Å². The van der Waals surface area contributed by atoms with Crippen molar-refractivity contribution < 1.29 is 4.79 Å². The number of hydrogen-bond donors (Lipinski definition) is 1. The Bertz CT molecular complexity index is 134. The molecule has 0 aliphatic carbocycles. The molecule has 0 unspecified atom stereocenters. The summed E-state index contributed by atoms with van der Waals surface area (Å²) in [5.41, 5.74) is 5.09. The number of hydrogen-bond acceptors (Lipinski definition) is 2. The monoisotopic (exact) mass is 172 g/mol. The third kappa shape index (κ3) is 6.16. The first-order valence-corrected chi connectivity index (χ1v) is 4.57. The molecule has 12 heavy (non-hydrogen) atoms. The molecule has 2 N–H and O–H groups in total. The number of primary amides is 1. The first kappa shape index (κ1) is 11.4. The molecule has 0 aliphatic heterocycles. The van der Waals surface area contributed by atoms with Crippen molar-refractivity contribution >= 4 is 5.91 Å². The van der Waals surface area contributed by atoms with E-state index in [2.05, 4.69) is 18.7 Å². The molecule has 3 nitrogen and oxygen atoms in total. The van der Waals surface area contributed by atoms with Crippen LogP contribution in [0.15, 0.2) is 0 Å². The van der Waals surface area contributed by atoms with E-state index in [9.17, 15) is 4.79 Å². The molecule has 0 aliphatic rings. The highest BCUT2D eigenvalue weighted by molar-refractivity contribution is 5.75. The lowest BCUT2D eigenvalue weighted by Gasteiger charge is -2.19. The van der Waals surface area contributed by atoms with Crippen LogP contribution < -0.4 is 5.73 Å². The maximum Gasteiger partial charge on any atom is 0.231 e. The van der Waals surface area contributed by atoms with E-state index in [0.717, 1.165) is 19.5 Å². The predicted octanol–water partition coefficient (Wildman–Crippen LogP) is 0.840. The van der Waals surface area contributed by atoms with Crippen molar-refractivity contribution in [3.63, 3.8) is 0 Å². The number of likely N-dealkylation sites (N-methyl/N-ethyl adjacent to an activating group) is 1. The summed E-state index contributed by atoms with van der Waals surface area (Å²) in [6.07, 6.45) is 1.13. The summed E-state index contributed by atoms with van der Waals surface area (Å²) in [5, 5.41) is 0. The van der Waals surface area contributed by atoms with Gasteiger partial charge in [0.05, 0.1) is 6.54 Å². The summed E-state index contributed by atoms with van der Waals surface area (Å²) in [6, 6.07) is 0. The smallest absolute Gasteiger partial charge is 0.231 e. The van der Waals surface area contributed by atoms with Gasteiger partial charge >= 0.3 is 0 Å². The summed E-state index contributed by atoms with van der Waals surface area (Å²) in [6.45, 7) is 8.66. The van der Waals surface area contributed by atoms with Crippen LogP contribution in [0.25, 0.3) is 0 Å². The zero-order valence-electron chi connectivity index (χ0n) is 8.34. The van der Waals surface area contributed by atoms with Crippen LogP contribution in [0, 0.1) is 5.92 Å². The number of carbonyl (C=O) groups is 1. The van der Waals surface area contributed by atoms with Crippen LogP contribution in [0.3, 0.4) is 0 Å². The second-order valence-electron chi connectivity index (χ2n) is 3.52. The molecule has 0 heterocycles. The summed E-state index contributed by atoms with van der Waals surface area (Å²) in [5.74, 6) is 0.451. The normalized spacial score (nSPS) is 11.1. The van der Waals surface area contributed by atoms with Gasteiger partial charge in [-0.1, -0.05) is 20.8 Å².